The highest BCUT2D eigenvalue weighted by atomic mass is 31.2. The third kappa shape index (κ3) is 25.7. The molecule has 0 aliphatic heterocycles. The lowest BCUT2D eigenvalue weighted by Gasteiger charge is -2.27. The van der Waals surface area contributed by atoms with Crippen molar-refractivity contribution in [3.63, 3.8) is 0 Å². The van der Waals surface area contributed by atoms with Gasteiger partial charge in [0.1, 0.15) is 12.7 Å². The van der Waals surface area contributed by atoms with E-state index < -0.39 is 39.4 Å². The molecule has 0 aromatic carbocycles. The Kier molecular flexibility index (Phi) is 25.0. The number of hydrogen-bond acceptors (Lipinski definition) is 10. The smallest absolute Gasteiger partial charge is 0.305 e. The zero-order chi connectivity index (χ0) is 28.5. The Balaban J connectivity index is 3.91. The van der Waals surface area contributed by atoms with E-state index in [0.29, 0.717) is 13.0 Å². The predicted molar refractivity (Wildman–Crippen MR) is 147 cm³/mol. The number of unbranched alkanes of at least 4 members (excludes halogenated alkanes) is 14. The van der Waals surface area contributed by atoms with Crippen LogP contribution in [0.15, 0.2) is 0 Å². The van der Waals surface area contributed by atoms with Gasteiger partial charge in [0.05, 0.1) is 19.8 Å². The van der Waals surface area contributed by atoms with Crippen LogP contribution in [0.5, 0.6) is 0 Å². The molecule has 2 N–H and O–H groups in total. The van der Waals surface area contributed by atoms with Crippen LogP contribution in [0.25, 0.3) is 0 Å². The Bertz CT molecular complexity index is 595. The second-order valence-corrected chi connectivity index (χ2v) is 11.6. The number of rotatable bonds is 28. The summed E-state index contributed by atoms with van der Waals surface area (Å²) in [7, 11) is -1.05. The summed E-state index contributed by atoms with van der Waals surface area (Å²) in [5.74, 6) is -0.431. The molecule has 0 bridgehead atoms. The van der Waals surface area contributed by atoms with E-state index in [0.717, 1.165) is 12.8 Å². The van der Waals surface area contributed by atoms with Crippen molar-refractivity contribution in [2.75, 3.05) is 47.1 Å². The number of phosphoric ester groups is 1. The lowest BCUT2D eigenvalue weighted by atomic mass is 10.0. The highest BCUT2D eigenvalue weighted by molar-refractivity contribution is 7.45. The van der Waals surface area contributed by atoms with Gasteiger partial charge in [-0.2, -0.15) is 0 Å². The van der Waals surface area contributed by atoms with Crippen molar-refractivity contribution in [2.45, 2.75) is 122 Å². The lowest BCUT2D eigenvalue weighted by molar-refractivity contribution is -0.233. The van der Waals surface area contributed by atoms with E-state index in [9.17, 15) is 19.4 Å². The molecule has 3 atom stereocenters. The van der Waals surface area contributed by atoms with Gasteiger partial charge in [0, 0.05) is 13.0 Å². The number of ether oxygens (including phenoxy) is 2. The van der Waals surface area contributed by atoms with Crippen LogP contribution in [-0.2, 0) is 27.9 Å². The molecule has 11 heteroatoms. The number of likely N-dealkylation sites (N-methyl/N-ethyl adjacent to an activating group) is 1. The molecule has 0 spiro atoms. The zero-order valence-corrected chi connectivity index (χ0v) is 25.0. The number of carbonyl (C=O) groups excluding carboxylic acids is 1. The van der Waals surface area contributed by atoms with Gasteiger partial charge < -0.3 is 38.5 Å². The fraction of sp³-hybridized carbons (Fsp3) is 0.963. The summed E-state index contributed by atoms with van der Waals surface area (Å²) in [5, 5.41) is 18.5. The van der Waals surface area contributed by atoms with Gasteiger partial charge >= 0.3 is 5.97 Å². The average Bonchev–Trinajstić information content (AvgIpc) is 2.87. The molecule has 0 saturated heterocycles. The predicted octanol–water partition coefficient (Wildman–Crippen LogP) is 4.55. The molecule has 0 radical (unpaired) electrons. The number of nitrogens with zero attached hydrogens (tertiary/aromatic N) is 1. The van der Waals surface area contributed by atoms with Gasteiger partial charge in [-0.05, 0) is 20.5 Å². The SMILES string of the molecule is CCCCCCCCCCCCCCCCCC(=O)OCC(COP(=O)([O-])OCCN(C)C)OC(O)CO. The second kappa shape index (κ2) is 25.4. The van der Waals surface area contributed by atoms with Crippen molar-refractivity contribution in [1.29, 1.82) is 0 Å². The third-order valence-electron chi connectivity index (χ3n) is 6.13. The molecule has 0 saturated carbocycles. The van der Waals surface area contributed by atoms with Crippen molar-refractivity contribution in [2.24, 2.45) is 0 Å². The largest absolute Gasteiger partial charge is 0.756 e. The van der Waals surface area contributed by atoms with Crippen molar-refractivity contribution in [1.82, 2.24) is 4.90 Å². The first-order valence-electron chi connectivity index (χ1n) is 14.5. The van der Waals surface area contributed by atoms with E-state index in [2.05, 4.69) is 6.92 Å². The van der Waals surface area contributed by atoms with Crippen molar-refractivity contribution in [3.05, 3.63) is 0 Å². The maximum absolute atomic E-state index is 12.1. The summed E-state index contributed by atoms with van der Waals surface area (Å²) in [4.78, 5) is 25.7. The molecule has 0 aromatic heterocycles. The van der Waals surface area contributed by atoms with Crippen LogP contribution in [0.1, 0.15) is 110 Å². The molecule has 0 fully saturated rings. The van der Waals surface area contributed by atoms with E-state index in [-0.39, 0.29) is 19.6 Å². The number of aliphatic hydroxyl groups is 2. The van der Waals surface area contributed by atoms with Crippen molar-refractivity contribution in [3.8, 4) is 0 Å². The molecule has 0 aliphatic carbocycles. The quantitative estimate of drug-likeness (QED) is 0.0598. The Morgan fingerprint density at radius 2 is 1.34 bits per heavy atom. The number of hydrogen-bond donors (Lipinski definition) is 2. The van der Waals surface area contributed by atoms with E-state index in [1.54, 1.807) is 19.0 Å². The molecule has 0 heterocycles. The molecule has 0 aromatic rings. The molecule has 0 rings (SSSR count). The standard InChI is InChI=1S/C27H56NO9P/c1-4-5-6-7-8-9-10-11-12-13-14-15-16-17-18-19-26(30)34-23-25(37-27(31)22-29)24-36-38(32,33)35-21-20-28(2)3/h25,27,29,31H,4-24H2,1-3H3,(H,32,33)/p-1. The molecule has 0 amide bonds. The third-order valence-corrected chi connectivity index (χ3v) is 7.09. The van der Waals surface area contributed by atoms with Crippen LogP contribution in [0, 0.1) is 0 Å². The molecular weight excluding hydrogens is 513 g/mol. The normalized spacial score (nSPS) is 14.9. The molecule has 3 unspecified atom stereocenters. The van der Waals surface area contributed by atoms with Gasteiger partial charge in [0.15, 0.2) is 6.29 Å². The maximum atomic E-state index is 12.1. The van der Waals surface area contributed by atoms with Crippen LogP contribution in [0.3, 0.4) is 0 Å². The number of carbonyl (C=O) groups is 1. The lowest BCUT2D eigenvalue weighted by Crippen LogP contribution is -2.33. The Morgan fingerprint density at radius 3 is 1.82 bits per heavy atom. The second-order valence-electron chi connectivity index (χ2n) is 10.2. The van der Waals surface area contributed by atoms with Gasteiger partial charge in [-0.25, -0.2) is 0 Å². The summed E-state index contributed by atoms with van der Waals surface area (Å²) in [5.41, 5.74) is 0. The summed E-state index contributed by atoms with van der Waals surface area (Å²) in [6.07, 6.45) is 16.2. The monoisotopic (exact) mass is 568 g/mol. The fourth-order valence-corrected chi connectivity index (χ4v) is 4.57. The number of esters is 1. The van der Waals surface area contributed by atoms with Crippen LogP contribution >= 0.6 is 7.82 Å². The highest BCUT2D eigenvalue weighted by Gasteiger charge is 2.20. The van der Waals surface area contributed by atoms with Gasteiger partial charge in [0.2, 0.25) is 0 Å². The van der Waals surface area contributed by atoms with E-state index >= 15 is 0 Å². The van der Waals surface area contributed by atoms with Gasteiger partial charge in [-0.15, -0.1) is 0 Å². The number of phosphoric acid groups is 1. The first kappa shape index (κ1) is 37.4. The van der Waals surface area contributed by atoms with E-state index in [1.165, 1.54) is 77.0 Å². The summed E-state index contributed by atoms with van der Waals surface area (Å²) in [6.45, 7) is 1.03. The minimum absolute atomic E-state index is 0.0766. The van der Waals surface area contributed by atoms with Crippen molar-refractivity contribution < 1.29 is 43.0 Å². The fourth-order valence-electron chi connectivity index (χ4n) is 3.84. The van der Waals surface area contributed by atoms with E-state index in [1.807, 2.05) is 0 Å². The zero-order valence-electron chi connectivity index (χ0n) is 24.2. The first-order chi connectivity index (χ1) is 18.2. The molecule has 0 aliphatic rings. The Labute approximate surface area is 231 Å². The minimum Gasteiger partial charge on any atom is -0.756 e. The topological polar surface area (TPSA) is 138 Å². The van der Waals surface area contributed by atoms with Gasteiger partial charge in [-0.1, -0.05) is 96.8 Å². The molecule has 38 heavy (non-hydrogen) atoms. The van der Waals surface area contributed by atoms with Crippen LogP contribution in [0.2, 0.25) is 0 Å². The first-order valence-corrected chi connectivity index (χ1v) is 16.0. The van der Waals surface area contributed by atoms with Crippen LogP contribution in [-0.4, -0.2) is 80.5 Å². The van der Waals surface area contributed by atoms with Gasteiger partial charge in [0.25, 0.3) is 7.82 Å². The van der Waals surface area contributed by atoms with Crippen molar-refractivity contribution >= 4 is 13.8 Å². The molecule has 10 nitrogen and oxygen atoms in total. The van der Waals surface area contributed by atoms with E-state index in [4.69, 9.17) is 23.6 Å². The average molecular weight is 569 g/mol. The highest BCUT2D eigenvalue weighted by Crippen LogP contribution is 2.38. The minimum atomic E-state index is -4.59. The number of aliphatic hydroxyl groups excluding tert-OH is 2. The maximum Gasteiger partial charge on any atom is 0.305 e. The Hall–Kier alpha value is -0.580. The summed E-state index contributed by atoms with van der Waals surface area (Å²) < 4.78 is 31.7. The Morgan fingerprint density at radius 1 is 0.842 bits per heavy atom. The summed E-state index contributed by atoms with van der Waals surface area (Å²) >= 11 is 0. The summed E-state index contributed by atoms with van der Waals surface area (Å²) in [6, 6.07) is 0. The molecule has 228 valence electrons. The van der Waals surface area contributed by atoms with Gasteiger partial charge in [-0.3, -0.25) is 9.36 Å². The molecular formula is C27H55NO9P-. The van der Waals surface area contributed by atoms with Crippen LogP contribution < -0.4 is 4.89 Å². The van der Waals surface area contributed by atoms with Crippen LogP contribution in [0.4, 0.5) is 0 Å².